The van der Waals surface area contributed by atoms with E-state index in [4.69, 9.17) is 5.11 Å². The molecule has 0 aromatic carbocycles. The Kier molecular flexibility index (Phi) is 2.99. The molecule has 1 aromatic rings. The Morgan fingerprint density at radius 3 is 2.76 bits per heavy atom. The molecule has 92 valence electrons. The maximum absolute atomic E-state index is 13.1. The van der Waals surface area contributed by atoms with Crippen molar-refractivity contribution in [2.24, 2.45) is 0 Å². The average Bonchev–Trinajstić information content (AvgIpc) is 2.80. The van der Waals surface area contributed by atoms with Crippen LogP contribution >= 0.6 is 11.3 Å². The highest BCUT2D eigenvalue weighted by molar-refractivity contribution is 7.15. The van der Waals surface area contributed by atoms with Crippen molar-refractivity contribution in [3.8, 4) is 0 Å². The van der Waals surface area contributed by atoms with Gasteiger partial charge in [0.05, 0.1) is 4.88 Å². The third-order valence-corrected chi connectivity index (χ3v) is 4.00. The third kappa shape index (κ3) is 2.36. The van der Waals surface area contributed by atoms with Gasteiger partial charge in [-0.25, -0.2) is 13.6 Å². The van der Waals surface area contributed by atoms with Crippen LogP contribution in [0.4, 0.5) is 8.78 Å². The lowest BCUT2D eigenvalue weighted by atomic mass is 9.97. The van der Waals surface area contributed by atoms with Crippen molar-refractivity contribution in [3.05, 3.63) is 21.4 Å². The Hall–Kier alpha value is -1.30. The Morgan fingerprint density at radius 2 is 2.29 bits per heavy atom. The summed E-state index contributed by atoms with van der Waals surface area (Å²) in [6, 6.07) is 1.42. The van der Waals surface area contributed by atoms with Crippen molar-refractivity contribution in [1.29, 1.82) is 0 Å². The number of carboxylic acid groups (broad SMARTS) is 1. The maximum Gasteiger partial charge on any atom is 0.346 e. The van der Waals surface area contributed by atoms with Crippen molar-refractivity contribution in [3.63, 3.8) is 0 Å². The molecule has 1 aliphatic carbocycles. The number of carbonyl (C=O) groups excluding carboxylic acids is 1. The first-order chi connectivity index (χ1) is 7.93. The van der Waals surface area contributed by atoms with Crippen molar-refractivity contribution >= 4 is 23.6 Å². The fraction of sp³-hybridized carbons (Fsp3) is 0.455. The van der Waals surface area contributed by atoms with Crippen LogP contribution in [0, 0.1) is 0 Å². The van der Waals surface area contributed by atoms with Gasteiger partial charge in [0.1, 0.15) is 4.88 Å². The first kappa shape index (κ1) is 12.2. The molecule has 3 nitrogen and oxygen atoms in total. The van der Waals surface area contributed by atoms with E-state index >= 15 is 0 Å². The minimum Gasteiger partial charge on any atom is -0.477 e. The summed E-state index contributed by atoms with van der Waals surface area (Å²) in [5.41, 5.74) is 0.377. The summed E-state index contributed by atoms with van der Waals surface area (Å²) in [4.78, 5) is 21.9. The third-order valence-electron chi connectivity index (χ3n) is 2.93. The van der Waals surface area contributed by atoms with Gasteiger partial charge in [-0.15, -0.1) is 11.3 Å². The number of aldehydes is 1. The summed E-state index contributed by atoms with van der Waals surface area (Å²) in [5.74, 6) is -4.33. The number of hydrogen-bond donors (Lipinski definition) is 1. The maximum atomic E-state index is 13.1. The summed E-state index contributed by atoms with van der Waals surface area (Å²) in [6.45, 7) is 0. The van der Waals surface area contributed by atoms with Crippen LogP contribution in [0.1, 0.15) is 50.1 Å². The summed E-state index contributed by atoms with van der Waals surface area (Å²) >= 11 is 0.842. The standard InChI is InChI=1S/C11H10F2O3S/c12-11(13)2-1-6(4-11)8-3-7(5-14)17-9(8)10(15)16/h3,5-6H,1-2,4H2,(H,15,16). The molecule has 0 amide bonds. The molecule has 2 rings (SSSR count). The summed E-state index contributed by atoms with van der Waals surface area (Å²) in [7, 11) is 0. The van der Waals surface area contributed by atoms with Gasteiger partial charge < -0.3 is 5.11 Å². The quantitative estimate of drug-likeness (QED) is 0.849. The van der Waals surface area contributed by atoms with Gasteiger partial charge in [-0.3, -0.25) is 4.79 Å². The molecule has 1 atom stereocenters. The van der Waals surface area contributed by atoms with Gasteiger partial charge in [-0.1, -0.05) is 0 Å². The predicted molar refractivity (Wildman–Crippen MR) is 58.2 cm³/mol. The van der Waals surface area contributed by atoms with Crippen molar-refractivity contribution in [2.45, 2.75) is 31.1 Å². The molecule has 0 radical (unpaired) electrons. The summed E-state index contributed by atoms with van der Waals surface area (Å²) in [5, 5.41) is 8.97. The molecule has 1 N–H and O–H groups in total. The van der Waals surface area contributed by atoms with E-state index in [0.717, 1.165) is 11.3 Å². The molecule has 0 saturated heterocycles. The molecule has 1 unspecified atom stereocenters. The number of halogens is 2. The number of carbonyl (C=O) groups is 2. The normalized spacial score (nSPS) is 22.6. The summed E-state index contributed by atoms with van der Waals surface area (Å²) < 4.78 is 26.2. The zero-order valence-electron chi connectivity index (χ0n) is 8.78. The molecule has 1 aliphatic rings. The zero-order chi connectivity index (χ0) is 12.6. The SMILES string of the molecule is O=Cc1cc(C2CCC(F)(F)C2)c(C(=O)O)s1. The Labute approximate surface area is 100 Å². The lowest BCUT2D eigenvalue weighted by molar-refractivity contribution is 0.00769. The lowest BCUT2D eigenvalue weighted by Gasteiger charge is -2.10. The van der Waals surface area contributed by atoms with E-state index in [1.54, 1.807) is 0 Å². The molecule has 1 fully saturated rings. The Morgan fingerprint density at radius 1 is 1.59 bits per heavy atom. The lowest BCUT2D eigenvalue weighted by Crippen LogP contribution is -2.09. The van der Waals surface area contributed by atoms with Crippen molar-refractivity contribution in [1.82, 2.24) is 0 Å². The number of aromatic carboxylic acids is 1. The van der Waals surface area contributed by atoms with Crippen LogP contribution in [-0.4, -0.2) is 23.3 Å². The highest BCUT2D eigenvalue weighted by Gasteiger charge is 2.41. The minimum absolute atomic E-state index is 0.00907. The molecule has 0 bridgehead atoms. The van der Waals surface area contributed by atoms with Gasteiger partial charge >= 0.3 is 5.97 Å². The molecule has 17 heavy (non-hydrogen) atoms. The molecule has 6 heteroatoms. The second-order valence-electron chi connectivity index (χ2n) is 4.15. The zero-order valence-corrected chi connectivity index (χ0v) is 9.60. The van der Waals surface area contributed by atoms with Gasteiger partial charge in [0.25, 0.3) is 0 Å². The molecule has 1 heterocycles. The van der Waals surface area contributed by atoms with Crippen molar-refractivity contribution in [2.75, 3.05) is 0 Å². The van der Waals surface area contributed by atoms with E-state index in [9.17, 15) is 18.4 Å². The fourth-order valence-corrected chi connectivity index (χ4v) is 3.07. The molecular formula is C11H10F2O3S. The van der Waals surface area contributed by atoms with Crippen LogP contribution in [0.2, 0.25) is 0 Å². The number of hydrogen-bond acceptors (Lipinski definition) is 3. The van der Waals surface area contributed by atoms with Crippen LogP contribution in [0.25, 0.3) is 0 Å². The van der Waals surface area contributed by atoms with Crippen LogP contribution < -0.4 is 0 Å². The molecule has 0 spiro atoms. The average molecular weight is 260 g/mol. The summed E-state index contributed by atoms with van der Waals surface area (Å²) in [6.07, 6.45) is 0.265. The number of carboxylic acids is 1. The molecule has 0 aliphatic heterocycles. The second-order valence-corrected chi connectivity index (χ2v) is 5.24. The van der Waals surface area contributed by atoms with Gasteiger partial charge in [0.15, 0.2) is 6.29 Å². The van der Waals surface area contributed by atoms with Gasteiger partial charge in [0.2, 0.25) is 5.92 Å². The minimum atomic E-state index is -2.72. The second kappa shape index (κ2) is 4.18. The van der Waals surface area contributed by atoms with Crippen LogP contribution in [0.3, 0.4) is 0 Å². The molecular weight excluding hydrogens is 250 g/mol. The Balaban J connectivity index is 2.35. The number of rotatable bonds is 3. The first-order valence-electron chi connectivity index (χ1n) is 5.13. The largest absolute Gasteiger partial charge is 0.477 e. The highest BCUT2D eigenvalue weighted by atomic mass is 32.1. The Bertz CT molecular complexity index is 467. The molecule has 1 aromatic heterocycles. The van der Waals surface area contributed by atoms with E-state index in [1.807, 2.05) is 0 Å². The van der Waals surface area contributed by atoms with Crippen LogP contribution in [-0.2, 0) is 0 Å². The number of alkyl halides is 2. The van der Waals surface area contributed by atoms with Crippen LogP contribution in [0.15, 0.2) is 6.07 Å². The monoisotopic (exact) mass is 260 g/mol. The smallest absolute Gasteiger partial charge is 0.346 e. The van der Waals surface area contributed by atoms with Gasteiger partial charge in [0, 0.05) is 12.8 Å². The van der Waals surface area contributed by atoms with E-state index in [0.29, 0.717) is 11.8 Å². The van der Waals surface area contributed by atoms with Crippen molar-refractivity contribution < 1.29 is 23.5 Å². The topological polar surface area (TPSA) is 54.4 Å². The number of thiophene rings is 1. The van der Waals surface area contributed by atoms with E-state index in [1.165, 1.54) is 6.07 Å². The molecule has 1 saturated carbocycles. The first-order valence-corrected chi connectivity index (χ1v) is 5.94. The van der Waals surface area contributed by atoms with E-state index < -0.39 is 17.8 Å². The van der Waals surface area contributed by atoms with Gasteiger partial charge in [-0.05, 0) is 24.0 Å². The van der Waals surface area contributed by atoms with E-state index in [-0.39, 0.29) is 29.0 Å². The predicted octanol–water partition coefficient (Wildman–Crippen LogP) is 3.16. The van der Waals surface area contributed by atoms with E-state index in [2.05, 4.69) is 0 Å². The fourth-order valence-electron chi connectivity index (χ4n) is 2.17. The van der Waals surface area contributed by atoms with Crippen LogP contribution in [0.5, 0.6) is 0 Å². The highest BCUT2D eigenvalue weighted by Crippen LogP contribution is 2.46. The van der Waals surface area contributed by atoms with Gasteiger partial charge in [-0.2, -0.15) is 0 Å².